The molecule has 0 atom stereocenters. The molecular weight excluding hydrogens is 367 g/mol. The summed E-state index contributed by atoms with van der Waals surface area (Å²) in [7, 11) is 0. The highest BCUT2D eigenvalue weighted by atomic mass is 35.5. The number of pyridine rings is 1. The average molecular weight is 375 g/mol. The van der Waals surface area contributed by atoms with Crippen LogP contribution in [0, 0.1) is 21.4 Å². The summed E-state index contributed by atoms with van der Waals surface area (Å²) in [6.07, 6.45) is 0. The van der Waals surface area contributed by atoms with Crippen molar-refractivity contribution < 1.29 is 4.92 Å². The van der Waals surface area contributed by atoms with Crippen LogP contribution in [0.25, 0.3) is 16.5 Å². The molecule has 2 N–H and O–H groups in total. The van der Waals surface area contributed by atoms with Gasteiger partial charge in [-0.25, -0.2) is 0 Å². The van der Waals surface area contributed by atoms with Crippen LogP contribution in [0.3, 0.4) is 0 Å². The van der Waals surface area contributed by atoms with E-state index >= 15 is 0 Å². The van der Waals surface area contributed by atoms with Crippen LogP contribution < -0.4 is 11.3 Å². The lowest BCUT2D eigenvalue weighted by Gasteiger charge is -2.15. The Hall–Kier alpha value is -3.08. The van der Waals surface area contributed by atoms with E-state index in [1.54, 1.807) is 6.07 Å². The SMILES string of the molecule is N#Cc1c(N)n(-c2c(Cl)cccc2Cl)c(=O)c2cc([N+](=O)[O-])ccc12. The fraction of sp³-hybridized carbons (Fsp3) is 0. The first-order chi connectivity index (χ1) is 11.9. The van der Waals surface area contributed by atoms with Gasteiger partial charge in [0.2, 0.25) is 0 Å². The molecule has 0 saturated heterocycles. The van der Waals surface area contributed by atoms with Crippen LogP contribution in [0.5, 0.6) is 0 Å². The first-order valence-electron chi connectivity index (χ1n) is 6.84. The molecule has 0 aliphatic carbocycles. The summed E-state index contributed by atoms with van der Waals surface area (Å²) in [5, 5.41) is 20.9. The number of nitro groups is 1. The number of benzene rings is 2. The summed E-state index contributed by atoms with van der Waals surface area (Å²) in [5.74, 6) is -0.149. The van der Waals surface area contributed by atoms with Crippen molar-refractivity contribution in [1.29, 1.82) is 5.26 Å². The van der Waals surface area contributed by atoms with E-state index in [4.69, 9.17) is 28.9 Å². The Balaban J connectivity index is 2.55. The van der Waals surface area contributed by atoms with Crippen LogP contribution in [-0.4, -0.2) is 9.49 Å². The summed E-state index contributed by atoms with van der Waals surface area (Å²) in [6.45, 7) is 0. The first-order valence-corrected chi connectivity index (χ1v) is 7.59. The number of fused-ring (bicyclic) bond motifs is 1. The molecule has 0 amide bonds. The normalized spacial score (nSPS) is 10.6. The minimum absolute atomic E-state index is 0.000448. The monoisotopic (exact) mass is 374 g/mol. The Kier molecular flexibility index (Phi) is 4.08. The van der Waals surface area contributed by atoms with E-state index in [1.807, 2.05) is 6.07 Å². The fourth-order valence-corrected chi connectivity index (χ4v) is 3.13. The number of hydrogen-bond acceptors (Lipinski definition) is 5. The van der Waals surface area contributed by atoms with Gasteiger partial charge in [0, 0.05) is 17.5 Å². The maximum atomic E-state index is 12.9. The number of nitro benzene ring substituents is 1. The Morgan fingerprint density at radius 2 is 1.80 bits per heavy atom. The van der Waals surface area contributed by atoms with Gasteiger partial charge < -0.3 is 5.73 Å². The van der Waals surface area contributed by atoms with E-state index in [0.29, 0.717) is 0 Å². The Morgan fingerprint density at radius 1 is 1.16 bits per heavy atom. The van der Waals surface area contributed by atoms with Gasteiger partial charge in [0.15, 0.2) is 0 Å². The largest absolute Gasteiger partial charge is 0.384 e. The first kappa shape index (κ1) is 16.8. The molecule has 0 unspecified atom stereocenters. The second-order valence-electron chi connectivity index (χ2n) is 5.07. The molecule has 0 aliphatic heterocycles. The van der Waals surface area contributed by atoms with E-state index in [0.717, 1.165) is 10.6 Å². The molecule has 0 bridgehead atoms. The van der Waals surface area contributed by atoms with Gasteiger partial charge in [-0.05, 0) is 18.2 Å². The van der Waals surface area contributed by atoms with Crippen molar-refractivity contribution in [1.82, 2.24) is 4.57 Å². The van der Waals surface area contributed by atoms with Crippen molar-refractivity contribution in [3.05, 3.63) is 72.5 Å². The number of nitriles is 1. The molecule has 1 heterocycles. The number of rotatable bonds is 2. The number of nitrogens with zero attached hydrogens (tertiary/aromatic N) is 3. The maximum Gasteiger partial charge on any atom is 0.270 e. The number of aromatic nitrogens is 1. The van der Waals surface area contributed by atoms with Crippen LogP contribution in [0.2, 0.25) is 10.0 Å². The maximum absolute atomic E-state index is 12.9. The summed E-state index contributed by atoms with van der Waals surface area (Å²) in [5.41, 5.74) is 5.18. The molecule has 1 aromatic heterocycles. The van der Waals surface area contributed by atoms with Gasteiger partial charge in [0.05, 0.1) is 26.0 Å². The Bertz CT molecular complexity index is 1130. The third-order valence-electron chi connectivity index (χ3n) is 3.69. The fourth-order valence-electron chi connectivity index (χ4n) is 2.56. The molecule has 0 saturated carbocycles. The van der Waals surface area contributed by atoms with Gasteiger partial charge in [-0.3, -0.25) is 19.5 Å². The third-order valence-corrected chi connectivity index (χ3v) is 4.30. The molecule has 2 aromatic carbocycles. The topological polar surface area (TPSA) is 115 Å². The number of hydrogen-bond donors (Lipinski definition) is 1. The lowest BCUT2D eigenvalue weighted by Crippen LogP contribution is -2.23. The van der Waals surface area contributed by atoms with E-state index in [-0.39, 0.29) is 43.6 Å². The van der Waals surface area contributed by atoms with Crippen LogP contribution in [0.4, 0.5) is 11.5 Å². The third kappa shape index (κ3) is 2.58. The van der Waals surface area contributed by atoms with Gasteiger partial charge in [-0.1, -0.05) is 29.3 Å². The van der Waals surface area contributed by atoms with Crippen molar-refractivity contribution in [3.8, 4) is 11.8 Å². The van der Waals surface area contributed by atoms with Gasteiger partial charge >= 0.3 is 0 Å². The number of halogens is 2. The number of nitrogens with two attached hydrogens (primary N) is 1. The van der Waals surface area contributed by atoms with Gasteiger partial charge in [0.25, 0.3) is 11.2 Å². The van der Waals surface area contributed by atoms with Gasteiger partial charge in [-0.15, -0.1) is 0 Å². The standard InChI is InChI=1S/C16H8Cl2N4O3/c17-12-2-1-3-13(18)14(12)21-15(20)11(7-19)9-5-4-8(22(24)25)6-10(9)16(21)23/h1-6H,20H2. The second-order valence-corrected chi connectivity index (χ2v) is 5.88. The molecule has 9 heteroatoms. The molecule has 124 valence electrons. The van der Waals surface area contributed by atoms with Crippen LogP contribution in [0.1, 0.15) is 5.56 Å². The summed E-state index contributed by atoms with van der Waals surface area (Å²) >= 11 is 12.3. The highest BCUT2D eigenvalue weighted by molar-refractivity contribution is 6.37. The summed E-state index contributed by atoms with van der Waals surface area (Å²) in [4.78, 5) is 23.3. The molecule has 0 spiro atoms. The van der Waals surface area contributed by atoms with Crippen molar-refractivity contribution in [2.75, 3.05) is 5.73 Å². The molecule has 7 nitrogen and oxygen atoms in total. The average Bonchev–Trinajstić information content (AvgIpc) is 2.57. The zero-order valence-electron chi connectivity index (χ0n) is 12.4. The molecule has 0 radical (unpaired) electrons. The quantitative estimate of drug-likeness (QED) is 0.542. The van der Waals surface area contributed by atoms with Crippen molar-refractivity contribution >= 4 is 45.5 Å². The predicted molar refractivity (Wildman–Crippen MR) is 95.3 cm³/mol. The van der Waals surface area contributed by atoms with E-state index in [1.165, 1.54) is 24.3 Å². The molecule has 0 aliphatic rings. The van der Waals surface area contributed by atoms with Crippen molar-refractivity contribution in [2.24, 2.45) is 0 Å². The second kappa shape index (κ2) is 6.09. The Morgan fingerprint density at radius 3 is 2.36 bits per heavy atom. The van der Waals surface area contributed by atoms with Crippen LogP contribution >= 0.6 is 23.2 Å². The van der Waals surface area contributed by atoms with Crippen LogP contribution in [-0.2, 0) is 0 Å². The number of anilines is 1. The Labute approximate surface area is 150 Å². The molecule has 3 rings (SSSR count). The lowest BCUT2D eigenvalue weighted by atomic mass is 10.1. The molecular formula is C16H8Cl2N4O3. The number of para-hydroxylation sites is 1. The van der Waals surface area contributed by atoms with Gasteiger partial charge in [-0.2, -0.15) is 5.26 Å². The van der Waals surface area contributed by atoms with Crippen molar-refractivity contribution in [3.63, 3.8) is 0 Å². The van der Waals surface area contributed by atoms with Gasteiger partial charge in [0.1, 0.15) is 17.5 Å². The zero-order chi connectivity index (χ0) is 18.3. The smallest absolute Gasteiger partial charge is 0.270 e. The highest BCUT2D eigenvalue weighted by Crippen LogP contribution is 2.32. The minimum atomic E-state index is -0.662. The van der Waals surface area contributed by atoms with E-state index in [2.05, 4.69) is 0 Å². The van der Waals surface area contributed by atoms with Crippen molar-refractivity contribution in [2.45, 2.75) is 0 Å². The zero-order valence-corrected chi connectivity index (χ0v) is 13.9. The summed E-state index contributed by atoms with van der Waals surface area (Å²) in [6, 6.07) is 10.2. The molecule has 0 fully saturated rings. The molecule has 25 heavy (non-hydrogen) atoms. The summed E-state index contributed by atoms with van der Waals surface area (Å²) < 4.78 is 0.995. The number of non-ortho nitro benzene ring substituents is 1. The predicted octanol–water partition coefficient (Wildman–Crippen LogP) is 3.66. The van der Waals surface area contributed by atoms with Crippen LogP contribution in [0.15, 0.2) is 41.2 Å². The highest BCUT2D eigenvalue weighted by Gasteiger charge is 2.21. The van der Waals surface area contributed by atoms with E-state index in [9.17, 15) is 20.2 Å². The molecule has 3 aromatic rings. The lowest BCUT2D eigenvalue weighted by molar-refractivity contribution is -0.384. The van der Waals surface area contributed by atoms with E-state index < -0.39 is 10.5 Å². The minimum Gasteiger partial charge on any atom is -0.384 e. The number of nitrogen functional groups attached to an aromatic ring is 1.